The van der Waals surface area contributed by atoms with Crippen LogP contribution in [0.2, 0.25) is 0 Å². The van der Waals surface area contributed by atoms with Gasteiger partial charge in [-0.05, 0) is 23.3 Å². The van der Waals surface area contributed by atoms with Crippen molar-refractivity contribution in [2.24, 2.45) is 5.73 Å². The fraction of sp³-hybridized carbons (Fsp3) is 0.0769. The van der Waals surface area contributed by atoms with Gasteiger partial charge in [-0.1, -0.05) is 36.4 Å². The Hall–Kier alpha value is -1.22. The molecule has 2 aromatic carbocycles. The molecule has 0 bridgehead atoms. The van der Waals surface area contributed by atoms with Gasteiger partial charge in [0, 0.05) is 17.8 Å². The van der Waals surface area contributed by atoms with Gasteiger partial charge in [-0.3, -0.25) is 0 Å². The smallest absolute Gasteiger partial charge is 0.0393 e. The summed E-state index contributed by atoms with van der Waals surface area (Å²) >= 11 is 0. The highest BCUT2D eigenvalue weighted by atomic mass is 35.5. The van der Waals surface area contributed by atoms with Gasteiger partial charge in [0.15, 0.2) is 0 Å². The van der Waals surface area contributed by atoms with Crippen LogP contribution in [0.5, 0.6) is 0 Å². The van der Waals surface area contributed by atoms with Crippen molar-refractivity contribution in [2.75, 3.05) is 5.73 Å². The molecule has 92 valence electrons. The second kappa shape index (κ2) is 7.17. The van der Waals surface area contributed by atoms with Crippen molar-refractivity contribution in [1.29, 1.82) is 0 Å². The van der Waals surface area contributed by atoms with E-state index >= 15 is 0 Å². The Labute approximate surface area is 114 Å². The van der Waals surface area contributed by atoms with Crippen LogP contribution in [0.15, 0.2) is 48.5 Å². The minimum absolute atomic E-state index is 0. The van der Waals surface area contributed by atoms with Crippen LogP contribution in [0.3, 0.4) is 0 Å². The Morgan fingerprint density at radius 1 is 0.882 bits per heavy atom. The van der Waals surface area contributed by atoms with Gasteiger partial charge in [0.05, 0.1) is 0 Å². The first-order valence-corrected chi connectivity index (χ1v) is 4.95. The summed E-state index contributed by atoms with van der Waals surface area (Å²) in [6.07, 6.45) is 0. The van der Waals surface area contributed by atoms with Gasteiger partial charge < -0.3 is 11.5 Å². The molecule has 0 radical (unpaired) electrons. The minimum Gasteiger partial charge on any atom is -0.398 e. The number of hydrogen-bond donors (Lipinski definition) is 2. The standard InChI is InChI=1S/C13H14N2.2ClH/c14-9-10-6-7-13(15)12(8-10)11-4-2-1-3-5-11;;/h1-8H,9,14-15H2;2*1H. The summed E-state index contributed by atoms with van der Waals surface area (Å²) in [4.78, 5) is 0. The van der Waals surface area contributed by atoms with Crippen LogP contribution in [0.4, 0.5) is 5.69 Å². The molecule has 0 aliphatic rings. The predicted molar refractivity (Wildman–Crippen MR) is 78.7 cm³/mol. The molecule has 17 heavy (non-hydrogen) atoms. The van der Waals surface area contributed by atoms with Gasteiger partial charge in [-0.2, -0.15) is 0 Å². The van der Waals surface area contributed by atoms with E-state index in [2.05, 4.69) is 0 Å². The van der Waals surface area contributed by atoms with Crippen LogP contribution >= 0.6 is 24.8 Å². The minimum atomic E-state index is 0. The summed E-state index contributed by atoms with van der Waals surface area (Å²) in [6.45, 7) is 0.542. The number of halogens is 2. The zero-order valence-electron chi connectivity index (χ0n) is 9.30. The topological polar surface area (TPSA) is 52.0 Å². The summed E-state index contributed by atoms with van der Waals surface area (Å²) in [6, 6.07) is 16.0. The third-order valence-corrected chi connectivity index (χ3v) is 2.44. The van der Waals surface area contributed by atoms with E-state index in [9.17, 15) is 0 Å². The summed E-state index contributed by atoms with van der Waals surface area (Å²) < 4.78 is 0. The molecule has 0 aliphatic carbocycles. The quantitative estimate of drug-likeness (QED) is 0.824. The molecule has 2 nitrogen and oxygen atoms in total. The highest BCUT2D eigenvalue weighted by molar-refractivity contribution is 5.85. The maximum atomic E-state index is 5.94. The normalized spacial score (nSPS) is 9.00. The summed E-state index contributed by atoms with van der Waals surface area (Å²) in [5, 5.41) is 0. The average molecular weight is 271 g/mol. The average Bonchev–Trinajstić information content (AvgIpc) is 2.31. The second-order valence-electron chi connectivity index (χ2n) is 3.49. The lowest BCUT2D eigenvalue weighted by molar-refractivity contribution is 1.07. The molecular weight excluding hydrogens is 255 g/mol. The Morgan fingerprint density at radius 2 is 1.53 bits per heavy atom. The maximum Gasteiger partial charge on any atom is 0.0393 e. The number of hydrogen-bond acceptors (Lipinski definition) is 2. The van der Waals surface area contributed by atoms with E-state index in [1.807, 2.05) is 48.5 Å². The fourth-order valence-electron chi connectivity index (χ4n) is 1.60. The molecule has 2 aromatic rings. The van der Waals surface area contributed by atoms with Crippen LogP contribution in [-0.2, 0) is 6.54 Å². The number of anilines is 1. The van der Waals surface area contributed by atoms with Crippen LogP contribution in [0.1, 0.15) is 5.56 Å². The molecular formula is C13H16Cl2N2. The van der Waals surface area contributed by atoms with E-state index < -0.39 is 0 Å². The van der Waals surface area contributed by atoms with E-state index in [1.165, 1.54) is 0 Å². The first-order chi connectivity index (χ1) is 7.31. The van der Waals surface area contributed by atoms with E-state index in [0.717, 1.165) is 22.4 Å². The number of benzene rings is 2. The van der Waals surface area contributed by atoms with Gasteiger partial charge >= 0.3 is 0 Å². The van der Waals surface area contributed by atoms with E-state index in [4.69, 9.17) is 11.5 Å². The van der Waals surface area contributed by atoms with E-state index in [1.54, 1.807) is 0 Å². The summed E-state index contributed by atoms with van der Waals surface area (Å²) in [7, 11) is 0. The van der Waals surface area contributed by atoms with Crippen LogP contribution < -0.4 is 11.5 Å². The molecule has 0 aliphatic heterocycles. The Balaban J connectivity index is 0.00000128. The molecule has 0 saturated carbocycles. The molecule has 2 rings (SSSR count). The third-order valence-electron chi connectivity index (χ3n) is 2.44. The zero-order valence-corrected chi connectivity index (χ0v) is 10.9. The lowest BCUT2D eigenvalue weighted by Crippen LogP contribution is -1.98. The van der Waals surface area contributed by atoms with E-state index in [-0.39, 0.29) is 24.8 Å². The number of nitrogens with two attached hydrogens (primary N) is 2. The van der Waals surface area contributed by atoms with Crippen molar-refractivity contribution in [3.63, 3.8) is 0 Å². The molecule has 4 heteroatoms. The van der Waals surface area contributed by atoms with Crippen molar-refractivity contribution >= 4 is 30.5 Å². The highest BCUT2D eigenvalue weighted by Gasteiger charge is 2.02. The van der Waals surface area contributed by atoms with Gasteiger partial charge in [0.2, 0.25) is 0 Å². The molecule has 0 unspecified atom stereocenters. The molecule has 0 heterocycles. The Morgan fingerprint density at radius 3 is 2.12 bits per heavy atom. The van der Waals surface area contributed by atoms with Crippen LogP contribution in [0.25, 0.3) is 11.1 Å². The first kappa shape index (κ1) is 15.8. The first-order valence-electron chi connectivity index (χ1n) is 4.95. The molecule has 0 fully saturated rings. The summed E-state index contributed by atoms with van der Waals surface area (Å²) in [5.41, 5.74) is 15.6. The maximum absolute atomic E-state index is 5.94. The lowest BCUT2D eigenvalue weighted by atomic mass is 10.0. The molecule has 0 spiro atoms. The lowest BCUT2D eigenvalue weighted by Gasteiger charge is -2.07. The van der Waals surface area contributed by atoms with Crippen LogP contribution in [0, 0.1) is 0 Å². The van der Waals surface area contributed by atoms with Crippen LogP contribution in [-0.4, -0.2) is 0 Å². The zero-order chi connectivity index (χ0) is 10.7. The van der Waals surface area contributed by atoms with Gasteiger partial charge in [-0.25, -0.2) is 0 Å². The third kappa shape index (κ3) is 3.63. The van der Waals surface area contributed by atoms with Crippen molar-refractivity contribution < 1.29 is 0 Å². The fourth-order valence-corrected chi connectivity index (χ4v) is 1.60. The second-order valence-corrected chi connectivity index (χ2v) is 3.49. The molecule has 0 atom stereocenters. The monoisotopic (exact) mass is 270 g/mol. The molecule has 0 saturated heterocycles. The molecule has 4 N–H and O–H groups in total. The summed E-state index contributed by atoms with van der Waals surface area (Å²) in [5.74, 6) is 0. The predicted octanol–water partition coefficient (Wildman–Crippen LogP) is 3.24. The largest absolute Gasteiger partial charge is 0.398 e. The van der Waals surface area contributed by atoms with Crippen molar-refractivity contribution in [1.82, 2.24) is 0 Å². The van der Waals surface area contributed by atoms with Crippen molar-refractivity contribution in [3.8, 4) is 11.1 Å². The Bertz CT molecular complexity index is 458. The van der Waals surface area contributed by atoms with Gasteiger partial charge in [0.1, 0.15) is 0 Å². The van der Waals surface area contributed by atoms with Crippen molar-refractivity contribution in [2.45, 2.75) is 6.54 Å². The SMILES string of the molecule is Cl.Cl.NCc1ccc(N)c(-c2ccccc2)c1. The van der Waals surface area contributed by atoms with Gasteiger partial charge in [-0.15, -0.1) is 24.8 Å². The van der Waals surface area contributed by atoms with Crippen molar-refractivity contribution in [3.05, 3.63) is 54.1 Å². The highest BCUT2D eigenvalue weighted by Crippen LogP contribution is 2.26. The molecule has 0 aromatic heterocycles. The molecule has 0 amide bonds. The van der Waals surface area contributed by atoms with E-state index in [0.29, 0.717) is 6.54 Å². The Kier molecular flexibility index (Phi) is 6.66. The van der Waals surface area contributed by atoms with Gasteiger partial charge in [0.25, 0.3) is 0 Å². The number of rotatable bonds is 2. The number of nitrogen functional groups attached to an aromatic ring is 1.